The molecule has 0 saturated carbocycles. The SMILES string of the molecule is COc1ccc(N2C(=O)/C(=C/c3ccc(OCC(=O)N4CCOCC4)cc3)C(=O)NC2=S)cc1. The molecule has 2 aromatic rings. The number of carbonyl (C=O) groups is 3. The van der Waals surface area contributed by atoms with Crippen LogP contribution in [0, 0.1) is 0 Å². The zero-order chi connectivity index (χ0) is 24.1. The Labute approximate surface area is 201 Å². The fourth-order valence-electron chi connectivity index (χ4n) is 3.50. The van der Waals surface area contributed by atoms with Gasteiger partial charge in [-0.3, -0.25) is 24.6 Å². The third kappa shape index (κ3) is 5.24. The van der Waals surface area contributed by atoms with E-state index in [-0.39, 0.29) is 23.2 Å². The average Bonchev–Trinajstić information content (AvgIpc) is 2.86. The molecule has 1 N–H and O–H groups in total. The Bertz CT molecular complexity index is 1120. The molecule has 9 nitrogen and oxygen atoms in total. The number of thiocarbonyl (C=S) groups is 1. The summed E-state index contributed by atoms with van der Waals surface area (Å²) in [4.78, 5) is 40.8. The largest absolute Gasteiger partial charge is 0.497 e. The number of ether oxygens (including phenoxy) is 3. The lowest BCUT2D eigenvalue weighted by Crippen LogP contribution is -2.54. The van der Waals surface area contributed by atoms with E-state index in [9.17, 15) is 14.4 Å². The van der Waals surface area contributed by atoms with Crippen LogP contribution in [0.15, 0.2) is 54.1 Å². The van der Waals surface area contributed by atoms with Crippen LogP contribution >= 0.6 is 12.2 Å². The molecule has 34 heavy (non-hydrogen) atoms. The maximum Gasteiger partial charge on any atom is 0.270 e. The van der Waals surface area contributed by atoms with Crippen LogP contribution in [0.2, 0.25) is 0 Å². The predicted molar refractivity (Wildman–Crippen MR) is 129 cm³/mol. The molecule has 0 radical (unpaired) electrons. The summed E-state index contributed by atoms with van der Waals surface area (Å²) in [5, 5.41) is 2.56. The van der Waals surface area contributed by atoms with Gasteiger partial charge in [0.2, 0.25) is 0 Å². The van der Waals surface area contributed by atoms with E-state index >= 15 is 0 Å². The number of hydrogen-bond donors (Lipinski definition) is 1. The standard InChI is InChI=1S/C24H23N3O6S/c1-31-18-8-4-17(5-9-18)27-23(30)20(22(29)25-24(27)34)14-16-2-6-19(7-3-16)33-15-21(28)26-10-12-32-13-11-26/h2-9,14H,10-13,15H2,1H3,(H,25,29,34)/b20-14+. The smallest absolute Gasteiger partial charge is 0.270 e. The summed E-state index contributed by atoms with van der Waals surface area (Å²) in [5.41, 5.74) is 1.07. The summed E-state index contributed by atoms with van der Waals surface area (Å²) in [6, 6.07) is 13.5. The second kappa shape index (κ2) is 10.4. The van der Waals surface area contributed by atoms with Crippen molar-refractivity contribution in [2.45, 2.75) is 0 Å². The Morgan fingerprint density at radius 3 is 2.35 bits per heavy atom. The van der Waals surface area contributed by atoms with Crippen molar-refractivity contribution in [3.05, 3.63) is 59.7 Å². The van der Waals surface area contributed by atoms with Gasteiger partial charge in [0.15, 0.2) is 11.7 Å². The second-order valence-corrected chi connectivity index (χ2v) is 7.89. The van der Waals surface area contributed by atoms with Gasteiger partial charge in [-0.15, -0.1) is 0 Å². The van der Waals surface area contributed by atoms with Crippen molar-refractivity contribution < 1.29 is 28.6 Å². The van der Waals surface area contributed by atoms with Gasteiger partial charge in [0.05, 0.1) is 26.0 Å². The first-order chi connectivity index (χ1) is 16.5. The number of nitrogens with zero attached hydrogens (tertiary/aromatic N) is 2. The van der Waals surface area contributed by atoms with Crippen molar-refractivity contribution in [2.75, 3.05) is 44.9 Å². The molecule has 0 bridgehead atoms. The van der Waals surface area contributed by atoms with Gasteiger partial charge in [-0.05, 0) is 60.3 Å². The van der Waals surface area contributed by atoms with Crippen LogP contribution in [0.3, 0.4) is 0 Å². The minimum Gasteiger partial charge on any atom is -0.497 e. The van der Waals surface area contributed by atoms with Crippen molar-refractivity contribution in [1.82, 2.24) is 10.2 Å². The number of rotatable bonds is 6. The van der Waals surface area contributed by atoms with Gasteiger partial charge in [0.1, 0.15) is 17.1 Å². The quantitative estimate of drug-likeness (QED) is 0.382. The molecule has 10 heteroatoms. The first-order valence-corrected chi connectivity index (χ1v) is 11.0. The summed E-state index contributed by atoms with van der Waals surface area (Å²) < 4.78 is 16.0. The summed E-state index contributed by atoms with van der Waals surface area (Å²) in [6.45, 7) is 2.10. The summed E-state index contributed by atoms with van der Waals surface area (Å²) in [5.74, 6) is -0.0720. The highest BCUT2D eigenvalue weighted by atomic mass is 32.1. The first-order valence-electron chi connectivity index (χ1n) is 10.6. The molecular formula is C24H23N3O6S. The summed E-state index contributed by atoms with van der Waals surface area (Å²) in [6.07, 6.45) is 1.48. The highest BCUT2D eigenvalue weighted by molar-refractivity contribution is 7.80. The van der Waals surface area contributed by atoms with E-state index in [1.807, 2.05) is 0 Å². The average molecular weight is 482 g/mol. The number of morpholine rings is 1. The van der Waals surface area contributed by atoms with Crippen molar-refractivity contribution in [3.63, 3.8) is 0 Å². The molecule has 176 valence electrons. The van der Waals surface area contributed by atoms with Crippen LogP contribution < -0.4 is 19.7 Å². The molecule has 2 aliphatic heterocycles. The molecule has 0 atom stereocenters. The van der Waals surface area contributed by atoms with E-state index < -0.39 is 11.8 Å². The zero-order valence-corrected chi connectivity index (χ0v) is 19.3. The van der Waals surface area contributed by atoms with Crippen molar-refractivity contribution in [1.29, 1.82) is 0 Å². The fourth-order valence-corrected chi connectivity index (χ4v) is 3.78. The molecular weight excluding hydrogens is 458 g/mol. The van der Waals surface area contributed by atoms with Gasteiger partial charge in [-0.1, -0.05) is 12.1 Å². The topological polar surface area (TPSA) is 97.4 Å². The summed E-state index contributed by atoms with van der Waals surface area (Å²) >= 11 is 5.22. The molecule has 2 fully saturated rings. The number of anilines is 1. The molecule has 2 saturated heterocycles. The van der Waals surface area contributed by atoms with Crippen molar-refractivity contribution in [3.8, 4) is 11.5 Å². The number of benzene rings is 2. The van der Waals surface area contributed by atoms with Gasteiger partial charge in [-0.25, -0.2) is 0 Å². The van der Waals surface area contributed by atoms with Gasteiger partial charge in [0, 0.05) is 13.1 Å². The third-order valence-corrected chi connectivity index (χ3v) is 5.63. The molecule has 2 aromatic carbocycles. The highest BCUT2D eigenvalue weighted by Gasteiger charge is 2.34. The van der Waals surface area contributed by atoms with Crippen LogP contribution in [0.4, 0.5) is 5.69 Å². The minimum atomic E-state index is -0.573. The zero-order valence-electron chi connectivity index (χ0n) is 18.5. The van der Waals surface area contributed by atoms with Crippen LogP contribution in [0.5, 0.6) is 11.5 Å². The molecule has 0 spiro atoms. The van der Waals surface area contributed by atoms with E-state index in [4.69, 9.17) is 26.4 Å². The van der Waals surface area contributed by atoms with Crippen molar-refractivity contribution in [2.24, 2.45) is 0 Å². The van der Waals surface area contributed by atoms with Crippen LogP contribution in [0.1, 0.15) is 5.56 Å². The van der Waals surface area contributed by atoms with E-state index in [2.05, 4.69) is 5.32 Å². The van der Waals surface area contributed by atoms with Crippen LogP contribution in [-0.2, 0) is 19.1 Å². The van der Waals surface area contributed by atoms with Gasteiger partial charge in [-0.2, -0.15) is 0 Å². The first kappa shape index (κ1) is 23.4. The van der Waals surface area contributed by atoms with E-state index in [1.54, 1.807) is 60.5 Å². The fraction of sp³-hybridized carbons (Fsp3) is 0.250. The molecule has 0 aromatic heterocycles. The number of carbonyl (C=O) groups excluding carboxylic acids is 3. The summed E-state index contributed by atoms with van der Waals surface area (Å²) in [7, 11) is 1.55. The third-order valence-electron chi connectivity index (χ3n) is 5.35. The Balaban J connectivity index is 1.45. The maximum atomic E-state index is 13.1. The molecule has 2 heterocycles. The Morgan fingerprint density at radius 2 is 1.71 bits per heavy atom. The molecule has 2 aliphatic rings. The van der Waals surface area contributed by atoms with Crippen LogP contribution in [-0.4, -0.2) is 67.8 Å². The molecule has 4 rings (SSSR count). The monoisotopic (exact) mass is 481 g/mol. The predicted octanol–water partition coefficient (Wildman–Crippen LogP) is 1.76. The lowest BCUT2D eigenvalue weighted by molar-refractivity contribution is -0.137. The second-order valence-electron chi connectivity index (χ2n) is 7.51. The number of nitrogens with one attached hydrogen (secondary N) is 1. The highest BCUT2D eigenvalue weighted by Crippen LogP contribution is 2.24. The molecule has 0 unspecified atom stereocenters. The lowest BCUT2D eigenvalue weighted by Gasteiger charge is -2.29. The van der Waals surface area contributed by atoms with E-state index in [1.165, 1.54) is 11.0 Å². The number of hydrogen-bond acceptors (Lipinski definition) is 7. The Hall–Kier alpha value is -3.76. The van der Waals surface area contributed by atoms with Gasteiger partial charge >= 0.3 is 0 Å². The van der Waals surface area contributed by atoms with Gasteiger partial charge in [0.25, 0.3) is 17.7 Å². The van der Waals surface area contributed by atoms with E-state index in [0.29, 0.717) is 49.1 Å². The Kier molecular flexibility index (Phi) is 7.19. The molecule has 0 aliphatic carbocycles. The number of amides is 3. The minimum absolute atomic E-state index is 0.00556. The Morgan fingerprint density at radius 1 is 1.06 bits per heavy atom. The normalized spacial score (nSPS) is 17.6. The van der Waals surface area contributed by atoms with Crippen LogP contribution in [0.25, 0.3) is 6.08 Å². The van der Waals surface area contributed by atoms with Gasteiger partial charge < -0.3 is 19.1 Å². The van der Waals surface area contributed by atoms with Crippen molar-refractivity contribution >= 4 is 46.8 Å². The van der Waals surface area contributed by atoms with E-state index in [0.717, 1.165) is 0 Å². The maximum absolute atomic E-state index is 13.1. The number of methoxy groups -OCH3 is 1. The lowest BCUT2D eigenvalue weighted by atomic mass is 10.1. The molecule has 3 amide bonds.